The zero-order valence-corrected chi connectivity index (χ0v) is 8.34. The standard InChI is InChI=1S/C10H17NO2/c1-3-10(4-5-10)8(12)11-6-9(2,13)7-11/h13H,3-7H2,1-2H3. The molecule has 1 amide bonds. The molecule has 1 saturated heterocycles. The normalized spacial score (nSPS) is 28.1. The molecule has 1 aliphatic heterocycles. The van der Waals surface area contributed by atoms with E-state index in [-0.39, 0.29) is 11.3 Å². The molecule has 2 rings (SSSR count). The predicted octanol–water partition coefficient (Wildman–Crippen LogP) is 0.770. The fourth-order valence-corrected chi connectivity index (χ4v) is 2.12. The second kappa shape index (κ2) is 2.47. The molecule has 0 aromatic rings. The Morgan fingerprint density at radius 2 is 2.00 bits per heavy atom. The van der Waals surface area contributed by atoms with Gasteiger partial charge in [0.05, 0.1) is 18.7 Å². The molecule has 0 unspecified atom stereocenters. The molecule has 0 aromatic carbocycles. The molecule has 3 heteroatoms. The fourth-order valence-electron chi connectivity index (χ4n) is 2.12. The van der Waals surface area contributed by atoms with Crippen molar-refractivity contribution in [2.24, 2.45) is 5.41 Å². The molecule has 1 saturated carbocycles. The summed E-state index contributed by atoms with van der Waals surface area (Å²) in [6.07, 6.45) is 3.03. The lowest BCUT2D eigenvalue weighted by Gasteiger charge is -2.45. The number of likely N-dealkylation sites (tertiary alicyclic amines) is 1. The Hall–Kier alpha value is -0.570. The minimum atomic E-state index is -0.626. The summed E-state index contributed by atoms with van der Waals surface area (Å²) < 4.78 is 0. The number of β-amino-alcohol motifs (C(OH)–C–C–N with tert-alkyl or cyclic N) is 1. The number of hydrogen-bond acceptors (Lipinski definition) is 2. The summed E-state index contributed by atoms with van der Waals surface area (Å²) >= 11 is 0. The average Bonchev–Trinajstić information content (AvgIpc) is 2.79. The van der Waals surface area contributed by atoms with Crippen molar-refractivity contribution in [1.82, 2.24) is 4.90 Å². The van der Waals surface area contributed by atoms with Crippen LogP contribution in [0.2, 0.25) is 0 Å². The quantitative estimate of drug-likeness (QED) is 0.687. The summed E-state index contributed by atoms with van der Waals surface area (Å²) in [7, 11) is 0. The zero-order valence-electron chi connectivity index (χ0n) is 8.34. The number of hydrogen-bond donors (Lipinski definition) is 1. The summed E-state index contributed by atoms with van der Waals surface area (Å²) in [6.45, 7) is 4.90. The predicted molar refractivity (Wildman–Crippen MR) is 49.2 cm³/mol. The molecular weight excluding hydrogens is 166 g/mol. The van der Waals surface area contributed by atoms with E-state index in [1.54, 1.807) is 11.8 Å². The summed E-state index contributed by atoms with van der Waals surface area (Å²) in [5.41, 5.74) is -0.657. The third-order valence-electron chi connectivity index (χ3n) is 3.33. The highest BCUT2D eigenvalue weighted by Crippen LogP contribution is 2.50. The molecule has 1 aliphatic carbocycles. The van der Waals surface area contributed by atoms with E-state index < -0.39 is 5.60 Å². The average molecular weight is 183 g/mol. The maximum Gasteiger partial charge on any atom is 0.228 e. The molecule has 74 valence electrons. The minimum Gasteiger partial charge on any atom is -0.386 e. The van der Waals surface area contributed by atoms with Gasteiger partial charge < -0.3 is 10.0 Å². The van der Waals surface area contributed by atoms with E-state index in [1.165, 1.54) is 0 Å². The van der Waals surface area contributed by atoms with Gasteiger partial charge >= 0.3 is 0 Å². The lowest BCUT2D eigenvalue weighted by molar-refractivity contribution is -0.158. The lowest BCUT2D eigenvalue weighted by atomic mass is 9.92. The van der Waals surface area contributed by atoms with Crippen LogP contribution in [0.25, 0.3) is 0 Å². The van der Waals surface area contributed by atoms with Crippen LogP contribution in [0.15, 0.2) is 0 Å². The van der Waals surface area contributed by atoms with Crippen LogP contribution in [-0.4, -0.2) is 34.6 Å². The molecule has 1 N–H and O–H groups in total. The highest BCUT2D eigenvalue weighted by molar-refractivity contribution is 5.86. The Balaban J connectivity index is 1.94. The highest BCUT2D eigenvalue weighted by atomic mass is 16.3. The topological polar surface area (TPSA) is 40.5 Å². The van der Waals surface area contributed by atoms with Crippen LogP contribution in [0.3, 0.4) is 0 Å². The first kappa shape index (κ1) is 9.00. The van der Waals surface area contributed by atoms with E-state index in [1.807, 2.05) is 0 Å². The molecule has 13 heavy (non-hydrogen) atoms. The van der Waals surface area contributed by atoms with Crippen LogP contribution < -0.4 is 0 Å². The highest BCUT2D eigenvalue weighted by Gasteiger charge is 2.53. The molecule has 1 heterocycles. The second-order valence-electron chi connectivity index (χ2n) is 4.79. The van der Waals surface area contributed by atoms with Gasteiger partial charge in [0.15, 0.2) is 0 Å². The Labute approximate surface area is 78.7 Å². The molecular formula is C10H17NO2. The van der Waals surface area contributed by atoms with Crippen molar-refractivity contribution in [2.45, 2.75) is 38.7 Å². The molecule has 0 spiro atoms. The van der Waals surface area contributed by atoms with Crippen LogP contribution in [-0.2, 0) is 4.79 Å². The van der Waals surface area contributed by atoms with Crippen molar-refractivity contribution >= 4 is 5.91 Å². The van der Waals surface area contributed by atoms with E-state index in [0.29, 0.717) is 13.1 Å². The number of nitrogens with zero attached hydrogens (tertiary/aromatic N) is 1. The van der Waals surface area contributed by atoms with E-state index in [2.05, 4.69) is 6.92 Å². The summed E-state index contributed by atoms with van der Waals surface area (Å²) in [4.78, 5) is 13.6. The smallest absolute Gasteiger partial charge is 0.228 e. The van der Waals surface area contributed by atoms with Gasteiger partial charge in [-0.3, -0.25) is 4.79 Å². The van der Waals surface area contributed by atoms with Gasteiger partial charge in [-0.05, 0) is 26.2 Å². The first-order valence-corrected chi connectivity index (χ1v) is 5.01. The fraction of sp³-hybridized carbons (Fsp3) is 0.900. The van der Waals surface area contributed by atoms with Crippen LogP contribution >= 0.6 is 0 Å². The Morgan fingerprint density at radius 3 is 2.31 bits per heavy atom. The third-order valence-corrected chi connectivity index (χ3v) is 3.33. The number of carbonyl (C=O) groups excluding carboxylic acids is 1. The van der Waals surface area contributed by atoms with Crippen molar-refractivity contribution in [3.63, 3.8) is 0 Å². The van der Waals surface area contributed by atoms with Gasteiger partial charge in [-0.25, -0.2) is 0 Å². The summed E-state index contributed by atoms with van der Waals surface area (Å²) in [6, 6.07) is 0. The monoisotopic (exact) mass is 183 g/mol. The van der Waals surface area contributed by atoms with E-state index in [9.17, 15) is 9.90 Å². The number of aliphatic hydroxyl groups is 1. The molecule has 0 radical (unpaired) electrons. The van der Waals surface area contributed by atoms with E-state index in [0.717, 1.165) is 19.3 Å². The minimum absolute atomic E-state index is 0.0312. The van der Waals surface area contributed by atoms with Gasteiger partial charge in [-0.1, -0.05) is 6.92 Å². The van der Waals surface area contributed by atoms with Crippen LogP contribution in [0, 0.1) is 5.41 Å². The summed E-state index contributed by atoms with van der Waals surface area (Å²) in [5, 5.41) is 9.50. The number of rotatable bonds is 2. The van der Waals surface area contributed by atoms with E-state index >= 15 is 0 Å². The van der Waals surface area contributed by atoms with Gasteiger partial charge in [-0.15, -0.1) is 0 Å². The van der Waals surface area contributed by atoms with Gasteiger partial charge in [0.1, 0.15) is 0 Å². The van der Waals surface area contributed by atoms with Crippen molar-refractivity contribution in [3.8, 4) is 0 Å². The molecule has 2 fully saturated rings. The number of amides is 1. The number of carbonyl (C=O) groups is 1. The molecule has 0 bridgehead atoms. The van der Waals surface area contributed by atoms with Crippen molar-refractivity contribution in [3.05, 3.63) is 0 Å². The maximum atomic E-state index is 11.8. The lowest BCUT2D eigenvalue weighted by Crippen LogP contribution is -2.63. The van der Waals surface area contributed by atoms with Gasteiger partial charge in [0.25, 0.3) is 0 Å². The first-order valence-electron chi connectivity index (χ1n) is 5.01. The van der Waals surface area contributed by atoms with Gasteiger partial charge in [0, 0.05) is 5.41 Å². The van der Waals surface area contributed by atoms with Crippen LogP contribution in [0.1, 0.15) is 33.1 Å². The largest absolute Gasteiger partial charge is 0.386 e. The van der Waals surface area contributed by atoms with Crippen molar-refractivity contribution in [1.29, 1.82) is 0 Å². The summed E-state index contributed by atoms with van der Waals surface area (Å²) in [5.74, 6) is 0.265. The van der Waals surface area contributed by atoms with Crippen LogP contribution in [0.5, 0.6) is 0 Å². The molecule has 3 nitrogen and oxygen atoms in total. The Kier molecular flexibility index (Phi) is 1.71. The maximum absolute atomic E-state index is 11.8. The molecule has 0 atom stereocenters. The van der Waals surface area contributed by atoms with Crippen molar-refractivity contribution < 1.29 is 9.90 Å². The third kappa shape index (κ3) is 1.35. The van der Waals surface area contributed by atoms with Gasteiger partial charge in [-0.2, -0.15) is 0 Å². The van der Waals surface area contributed by atoms with Crippen molar-refractivity contribution in [2.75, 3.05) is 13.1 Å². The second-order valence-corrected chi connectivity index (χ2v) is 4.79. The van der Waals surface area contributed by atoms with Crippen LogP contribution in [0.4, 0.5) is 0 Å². The molecule has 2 aliphatic rings. The van der Waals surface area contributed by atoms with Gasteiger partial charge in [0.2, 0.25) is 5.91 Å². The first-order chi connectivity index (χ1) is 5.99. The Bertz CT molecular complexity index is 235. The molecule has 0 aromatic heterocycles. The SMILES string of the molecule is CCC1(C(=O)N2CC(C)(O)C2)CC1. The zero-order chi connectivity index (χ0) is 9.69. The Morgan fingerprint density at radius 1 is 1.46 bits per heavy atom. The van der Waals surface area contributed by atoms with E-state index in [4.69, 9.17) is 0 Å².